The van der Waals surface area contributed by atoms with Crippen molar-refractivity contribution in [3.05, 3.63) is 34.6 Å². The Kier molecular flexibility index (Phi) is 5.02. The van der Waals surface area contributed by atoms with E-state index in [1.165, 1.54) is 18.2 Å². The molecule has 0 radical (unpaired) electrons. The van der Waals surface area contributed by atoms with Crippen LogP contribution in [0, 0.1) is 5.82 Å². The third-order valence-corrected chi connectivity index (χ3v) is 2.27. The van der Waals surface area contributed by atoms with Crippen molar-refractivity contribution in [3.8, 4) is 0 Å². The maximum Gasteiger partial charge on any atom is 0.124 e. The summed E-state index contributed by atoms with van der Waals surface area (Å²) in [5, 5.41) is 9.91. The van der Waals surface area contributed by atoms with Crippen LogP contribution in [-0.2, 0) is 4.74 Å². The van der Waals surface area contributed by atoms with Crippen LogP contribution < -0.4 is 0 Å². The van der Waals surface area contributed by atoms with Gasteiger partial charge in [-0.1, -0.05) is 24.6 Å². The van der Waals surface area contributed by atoms with Gasteiger partial charge in [-0.05, 0) is 18.6 Å². The van der Waals surface area contributed by atoms with Crippen LogP contribution >= 0.6 is 11.6 Å². The van der Waals surface area contributed by atoms with E-state index in [0.29, 0.717) is 12.2 Å². The SMILES string of the molecule is CCCOCC(O)c1ccc(F)cc1Cl. The predicted molar refractivity (Wildman–Crippen MR) is 57.5 cm³/mol. The highest BCUT2D eigenvalue weighted by molar-refractivity contribution is 6.31. The van der Waals surface area contributed by atoms with E-state index >= 15 is 0 Å². The van der Waals surface area contributed by atoms with Gasteiger partial charge in [-0.25, -0.2) is 4.39 Å². The first-order chi connectivity index (χ1) is 7.15. The average molecular weight is 233 g/mol. The summed E-state index contributed by atoms with van der Waals surface area (Å²) in [6.45, 7) is 2.76. The fourth-order valence-corrected chi connectivity index (χ4v) is 1.49. The zero-order valence-corrected chi connectivity index (χ0v) is 9.30. The molecule has 0 heterocycles. The van der Waals surface area contributed by atoms with Gasteiger partial charge in [-0.3, -0.25) is 0 Å². The molecule has 0 aromatic heterocycles. The average Bonchev–Trinajstić information content (AvgIpc) is 2.17. The van der Waals surface area contributed by atoms with E-state index in [4.69, 9.17) is 16.3 Å². The molecule has 1 aromatic rings. The predicted octanol–water partition coefficient (Wildman–Crippen LogP) is 2.94. The zero-order chi connectivity index (χ0) is 11.3. The Bertz CT molecular complexity index is 317. The molecule has 1 aromatic carbocycles. The van der Waals surface area contributed by atoms with Crippen molar-refractivity contribution in [2.75, 3.05) is 13.2 Å². The van der Waals surface area contributed by atoms with Gasteiger partial charge in [0.25, 0.3) is 0 Å². The van der Waals surface area contributed by atoms with Crippen LogP contribution in [0.3, 0.4) is 0 Å². The molecule has 0 aliphatic carbocycles. The van der Waals surface area contributed by atoms with Gasteiger partial charge in [0.15, 0.2) is 0 Å². The molecule has 1 N–H and O–H groups in total. The third-order valence-electron chi connectivity index (χ3n) is 1.95. The maximum absolute atomic E-state index is 12.7. The van der Waals surface area contributed by atoms with Crippen LogP contribution in [0.15, 0.2) is 18.2 Å². The monoisotopic (exact) mass is 232 g/mol. The Balaban J connectivity index is 2.61. The Morgan fingerprint density at radius 2 is 2.27 bits per heavy atom. The summed E-state index contributed by atoms with van der Waals surface area (Å²) in [6.07, 6.45) is 0.0915. The van der Waals surface area contributed by atoms with Crippen LogP contribution in [0.4, 0.5) is 4.39 Å². The normalized spacial score (nSPS) is 12.8. The summed E-state index contributed by atoms with van der Waals surface area (Å²) in [7, 11) is 0. The van der Waals surface area contributed by atoms with Gasteiger partial charge in [0, 0.05) is 17.2 Å². The first-order valence-electron chi connectivity index (χ1n) is 4.86. The Morgan fingerprint density at radius 3 is 2.87 bits per heavy atom. The van der Waals surface area contributed by atoms with Gasteiger partial charge in [0.05, 0.1) is 6.61 Å². The van der Waals surface area contributed by atoms with Crippen LogP contribution in [0.25, 0.3) is 0 Å². The number of ether oxygens (including phenoxy) is 1. The van der Waals surface area contributed by atoms with Crippen molar-refractivity contribution in [1.82, 2.24) is 0 Å². The van der Waals surface area contributed by atoms with Crippen molar-refractivity contribution >= 4 is 11.6 Å². The highest BCUT2D eigenvalue weighted by atomic mass is 35.5. The Labute approximate surface area is 93.6 Å². The minimum Gasteiger partial charge on any atom is -0.386 e. The van der Waals surface area contributed by atoms with Crippen molar-refractivity contribution < 1.29 is 14.2 Å². The molecule has 1 unspecified atom stereocenters. The van der Waals surface area contributed by atoms with Gasteiger partial charge >= 0.3 is 0 Å². The van der Waals surface area contributed by atoms with Crippen LogP contribution in [0.5, 0.6) is 0 Å². The molecule has 15 heavy (non-hydrogen) atoms. The van der Waals surface area contributed by atoms with Crippen LogP contribution in [-0.4, -0.2) is 18.3 Å². The van der Waals surface area contributed by atoms with E-state index in [0.717, 1.165) is 6.42 Å². The second-order valence-corrected chi connectivity index (χ2v) is 3.66. The highest BCUT2D eigenvalue weighted by Crippen LogP contribution is 2.23. The summed E-state index contributed by atoms with van der Waals surface area (Å²) < 4.78 is 17.9. The van der Waals surface area contributed by atoms with Crippen molar-refractivity contribution in [2.45, 2.75) is 19.4 Å². The second-order valence-electron chi connectivity index (χ2n) is 3.26. The maximum atomic E-state index is 12.7. The number of hydrogen-bond donors (Lipinski definition) is 1. The molecule has 0 saturated carbocycles. The zero-order valence-electron chi connectivity index (χ0n) is 8.54. The lowest BCUT2D eigenvalue weighted by Crippen LogP contribution is -2.08. The molecule has 1 rings (SSSR count). The third kappa shape index (κ3) is 3.78. The van der Waals surface area contributed by atoms with Crippen molar-refractivity contribution in [3.63, 3.8) is 0 Å². The standard InChI is InChI=1S/C11H14ClFO2/c1-2-5-15-7-11(14)9-4-3-8(13)6-10(9)12/h3-4,6,11,14H,2,5,7H2,1H3. The van der Waals surface area contributed by atoms with Gasteiger partial charge in [-0.2, -0.15) is 0 Å². The number of hydrogen-bond acceptors (Lipinski definition) is 2. The summed E-state index contributed by atoms with van der Waals surface area (Å²) >= 11 is 5.78. The smallest absolute Gasteiger partial charge is 0.124 e. The summed E-state index contributed by atoms with van der Waals surface area (Å²) in [4.78, 5) is 0. The quantitative estimate of drug-likeness (QED) is 0.791. The molecule has 0 saturated heterocycles. The van der Waals surface area contributed by atoms with Gasteiger partial charge in [0.1, 0.15) is 11.9 Å². The number of aliphatic hydroxyl groups is 1. The molecular weight excluding hydrogens is 219 g/mol. The van der Waals surface area contributed by atoms with Gasteiger partial charge in [-0.15, -0.1) is 0 Å². The van der Waals surface area contributed by atoms with Gasteiger partial charge in [0.2, 0.25) is 0 Å². The molecule has 84 valence electrons. The van der Waals surface area contributed by atoms with Crippen LogP contribution in [0.2, 0.25) is 5.02 Å². The molecule has 0 amide bonds. The molecule has 0 fully saturated rings. The minimum absolute atomic E-state index is 0.180. The number of halogens is 2. The van der Waals surface area contributed by atoms with E-state index in [2.05, 4.69) is 0 Å². The molecule has 0 bridgehead atoms. The molecular formula is C11H14ClFO2. The topological polar surface area (TPSA) is 29.5 Å². The van der Waals surface area contributed by atoms with Crippen molar-refractivity contribution in [1.29, 1.82) is 0 Å². The fraction of sp³-hybridized carbons (Fsp3) is 0.455. The van der Waals surface area contributed by atoms with E-state index in [1.54, 1.807) is 0 Å². The lowest BCUT2D eigenvalue weighted by atomic mass is 10.1. The summed E-state index contributed by atoms with van der Waals surface area (Å²) in [6, 6.07) is 3.92. The van der Waals surface area contributed by atoms with E-state index in [9.17, 15) is 9.50 Å². The van der Waals surface area contributed by atoms with Crippen molar-refractivity contribution in [2.24, 2.45) is 0 Å². The number of aliphatic hydroxyl groups excluding tert-OH is 1. The molecule has 1 atom stereocenters. The summed E-state index contributed by atoms with van der Waals surface area (Å²) in [5.74, 6) is -0.412. The summed E-state index contributed by atoms with van der Waals surface area (Å²) in [5.41, 5.74) is 0.495. The molecule has 0 spiro atoms. The highest BCUT2D eigenvalue weighted by Gasteiger charge is 2.12. The molecule has 4 heteroatoms. The Hall–Kier alpha value is -0.640. The van der Waals surface area contributed by atoms with Gasteiger partial charge < -0.3 is 9.84 Å². The first-order valence-corrected chi connectivity index (χ1v) is 5.23. The Morgan fingerprint density at radius 1 is 1.53 bits per heavy atom. The lowest BCUT2D eigenvalue weighted by molar-refractivity contribution is 0.0364. The van der Waals surface area contributed by atoms with E-state index in [1.807, 2.05) is 6.92 Å². The number of rotatable bonds is 5. The molecule has 0 aliphatic heterocycles. The molecule has 2 nitrogen and oxygen atoms in total. The fourth-order valence-electron chi connectivity index (χ4n) is 1.20. The first kappa shape index (κ1) is 12.4. The largest absolute Gasteiger partial charge is 0.386 e. The second kappa shape index (κ2) is 6.05. The molecule has 0 aliphatic rings. The lowest BCUT2D eigenvalue weighted by Gasteiger charge is -2.12. The van der Waals surface area contributed by atoms with E-state index in [-0.39, 0.29) is 11.6 Å². The number of benzene rings is 1. The van der Waals surface area contributed by atoms with E-state index < -0.39 is 11.9 Å². The van der Waals surface area contributed by atoms with Crippen LogP contribution in [0.1, 0.15) is 25.0 Å². The minimum atomic E-state index is -0.801.